The minimum absolute atomic E-state index is 0.0347. The molecule has 4 aromatic rings. The van der Waals surface area contributed by atoms with Crippen molar-refractivity contribution >= 4 is 32.8 Å². The first-order valence-corrected chi connectivity index (χ1v) is 11.7. The van der Waals surface area contributed by atoms with Crippen LogP contribution in [0.2, 0.25) is 0 Å². The van der Waals surface area contributed by atoms with E-state index in [1.165, 1.54) is 32.5 Å². The molecule has 34 heavy (non-hydrogen) atoms. The molecule has 9 heteroatoms. The van der Waals surface area contributed by atoms with Gasteiger partial charge in [-0.1, -0.05) is 23.8 Å². The van der Waals surface area contributed by atoms with Gasteiger partial charge in [-0.2, -0.15) is 0 Å². The van der Waals surface area contributed by atoms with E-state index in [2.05, 4.69) is 0 Å². The number of hydrogen-bond acceptors (Lipinski definition) is 7. The molecule has 0 radical (unpaired) electrons. The SMILES string of the molecule is COC(=N)c1cccc(Oc2ccc3c(ccn3S(=O)(=O)c3ccc(C)cc3)c2C(=O)OC)c1. The highest BCUT2D eigenvalue weighted by molar-refractivity contribution is 7.90. The average Bonchev–Trinajstić information content (AvgIpc) is 3.28. The third kappa shape index (κ3) is 4.13. The van der Waals surface area contributed by atoms with Crippen LogP contribution in [0.3, 0.4) is 0 Å². The van der Waals surface area contributed by atoms with Crippen LogP contribution < -0.4 is 4.74 Å². The minimum Gasteiger partial charge on any atom is -0.481 e. The summed E-state index contributed by atoms with van der Waals surface area (Å²) in [6.45, 7) is 1.87. The van der Waals surface area contributed by atoms with Gasteiger partial charge in [-0.05, 0) is 55.5 Å². The normalized spacial score (nSPS) is 11.3. The highest BCUT2D eigenvalue weighted by atomic mass is 32.2. The van der Waals surface area contributed by atoms with Crippen molar-refractivity contribution in [2.75, 3.05) is 14.2 Å². The lowest BCUT2D eigenvalue weighted by atomic mass is 10.1. The number of aryl methyl sites for hydroxylation is 1. The van der Waals surface area contributed by atoms with Gasteiger partial charge in [0, 0.05) is 17.1 Å². The zero-order valence-corrected chi connectivity index (χ0v) is 19.5. The molecule has 0 amide bonds. The summed E-state index contributed by atoms with van der Waals surface area (Å²) in [4.78, 5) is 12.8. The summed E-state index contributed by atoms with van der Waals surface area (Å²) in [5.41, 5.74) is 1.83. The van der Waals surface area contributed by atoms with Gasteiger partial charge in [0.1, 0.15) is 17.1 Å². The van der Waals surface area contributed by atoms with Gasteiger partial charge in [0.2, 0.25) is 5.90 Å². The van der Waals surface area contributed by atoms with Crippen molar-refractivity contribution in [3.05, 3.63) is 89.6 Å². The van der Waals surface area contributed by atoms with Gasteiger partial charge in [-0.15, -0.1) is 0 Å². The van der Waals surface area contributed by atoms with Crippen molar-refractivity contribution in [2.45, 2.75) is 11.8 Å². The second-order valence-electron chi connectivity index (χ2n) is 7.46. The van der Waals surface area contributed by atoms with Gasteiger partial charge < -0.3 is 14.2 Å². The molecule has 0 spiro atoms. The third-order valence-electron chi connectivity index (χ3n) is 5.29. The highest BCUT2D eigenvalue weighted by Gasteiger charge is 2.24. The van der Waals surface area contributed by atoms with Crippen molar-refractivity contribution in [1.29, 1.82) is 5.41 Å². The number of fused-ring (bicyclic) bond motifs is 1. The lowest BCUT2D eigenvalue weighted by molar-refractivity contribution is 0.0600. The van der Waals surface area contributed by atoms with Crippen LogP contribution in [0.1, 0.15) is 21.5 Å². The zero-order valence-electron chi connectivity index (χ0n) is 18.7. The number of methoxy groups -OCH3 is 2. The molecule has 0 aliphatic rings. The van der Waals surface area contributed by atoms with E-state index in [9.17, 15) is 13.2 Å². The van der Waals surface area contributed by atoms with Crippen LogP contribution in [-0.4, -0.2) is 38.5 Å². The van der Waals surface area contributed by atoms with Crippen molar-refractivity contribution in [1.82, 2.24) is 3.97 Å². The number of rotatable bonds is 6. The maximum Gasteiger partial charge on any atom is 0.342 e. The van der Waals surface area contributed by atoms with Crippen LogP contribution >= 0.6 is 0 Å². The summed E-state index contributed by atoms with van der Waals surface area (Å²) in [7, 11) is -1.25. The fourth-order valence-corrected chi connectivity index (χ4v) is 4.90. The Bertz CT molecular complexity index is 1500. The molecular weight excluding hydrogens is 456 g/mol. The number of ether oxygens (including phenoxy) is 3. The molecule has 0 saturated heterocycles. The Labute approximate surface area is 196 Å². The Balaban J connectivity index is 1.83. The van der Waals surface area contributed by atoms with E-state index < -0.39 is 16.0 Å². The first-order valence-electron chi connectivity index (χ1n) is 10.2. The summed E-state index contributed by atoms with van der Waals surface area (Å²) in [6, 6.07) is 17.8. The smallest absolute Gasteiger partial charge is 0.342 e. The van der Waals surface area contributed by atoms with Crippen molar-refractivity contribution < 1.29 is 27.4 Å². The third-order valence-corrected chi connectivity index (χ3v) is 7.00. The Morgan fingerprint density at radius 2 is 1.68 bits per heavy atom. The average molecular weight is 479 g/mol. The quantitative estimate of drug-likeness (QED) is 0.244. The number of carbonyl (C=O) groups is 1. The molecule has 8 nitrogen and oxygen atoms in total. The molecule has 174 valence electrons. The van der Waals surface area contributed by atoms with E-state index in [4.69, 9.17) is 19.6 Å². The summed E-state index contributed by atoms with van der Waals surface area (Å²) in [5, 5.41) is 8.20. The van der Waals surface area contributed by atoms with Gasteiger partial charge >= 0.3 is 5.97 Å². The Hall–Kier alpha value is -4.11. The standard InChI is InChI=1S/C25H22N2O6S/c1-16-7-9-19(10-8-16)34(29,30)27-14-13-20-21(27)11-12-22(23(20)25(28)32-3)33-18-6-4-5-17(15-18)24(26)31-2/h4-15,26H,1-3H3. The zero-order chi connectivity index (χ0) is 24.5. The van der Waals surface area contributed by atoms with Crippen molar-refractivity contribution in [3.8, 4) is 11.5 Å². The monoisotopic (exact) mass is 478 g/mol. The number of nitrogens with one attached hydrogen (secondary N) is 1. The van der Waals surface area contributed by atoms with E-state index in [1.807, 2.05) is 6.92 Å². The van der Waals surface area contributed by atoms with Crippen molar-refractivity contribution in [2.24, 2.45) is 0 Å². The van der Waals surface area contributed by atoms with Crippen LogP contribution in [0.25, 0.3) is 10.9 Å². The lowest BCUT2D eigenvalue weighted by Gasteiger charge is -2.13. The molecule has 0 aliphatic carbocycles. The maximum atomic E-state index is 13.3. The van der Waals surface area contributed by atoms with Crippen LogP contribution in [0, 0.1) is 12.3 Å². The van der Waals surface area contributed by atoms with E-state index in [0.29, 0.717) is 22.2 Å². The molecule has 3 aromatic carbocycles. The highest BCUT2D eigenvalue weighted by Crippen LogP contribution is 2.34. The van der Waals surface area contributed by atoms with Gasteiger partial charge in [0.05, 0.1) is 24.6 Å². The number of benzene rings is 3. The van der Waals surface area contributed by atoms with Crippen LogP contribution in [0.4, 0.5) is 0 Å². The molecule has 1 heterocycles. The van der Waals surface area contributed by atoms with Crippen LogP contribution in [0.15, 0.2) is 77.8 Å². The number of nitrogens with zero attached hydrogens (tertiary/aromatic N) is 1. The van der Waals surface area contributed by atoms with Gasteiger partial charge in [0.15, 0.2) is 0 Å². The molecule has 4 rings (SSSR count). The van der Waals surface area contributed by atoms with E-state index in [-0.39, 0.29) is 22.1 Å². The minimum atomic E-state index is -3.89. The first kappa shape index (κ1) is 23.1. The molecule has 0 fully saturated rings. The second kappa shape index (κ2) is 9.03. The fraction of sp³-hybridized carbons (Fsp3) is 0.120. The van der Waals surface area contributed by atoms with Crippen LogP contribution in [-0.2, 0) is 19.5 Å². The molecule has 1 N–H and O–H groups in total. The van der Waals surface area contributed by atoms with E-state index in [0.717, 1.165) is 9.54 Å². The predicted octanol–water partition coefficient (Wildman–Crippen LogP) is 4.74. The van der Waals surface area contributed by atoms with Crippen molar-refractivity contribution in [3.63, 3.8) is 0 Å². The number of carbonyl (C=O) groups excluding carboxylic acids is 1. The predicted molar refractivity (Wildman–Crippen MR) is 127 cm³/mol. The Morgan fingerprint density at radius 3 is 2.35 bits per heavy atom. The van der Waals surface area contributed by atoms with E-state index in [1.54, 1.807) is 54.6 Å². The summed E-state index contributed by atoms with van der Waals surface area (Å²) < 4.78 is 43.5. The molecule has 0 unspecified atom stereocenters. The molecule has 0 saturated carbocycles. The second-order valence-corrected chi connectivity index (χ2v) is 9.27. The number of hydrogen-bond donors (Lipinski definition) is 1. The molecular formula is C25H22N2O6S. The maximum absolute atomic E-state index is 13.3. The number of aromatic nitrogens is 1. The van der Waals surface area contributed by atoms with Crippen LogP contribution in [0.5, 0.6) is 11.5 Å². The summed E-state index contributed by atoms with van der Waals surface area (Å²) in [5.74, 6) is -0.152. The Kier molecular flexibility index (Phi) is 6.12. The van der Waals surface area contributed by atoms with Gasteiger partial charge in [-0.3, -0.25) is 5.41 Å². The van der Waals surface area contributed by atoms with Gasteiger partial charge in [0.25, 0.3) is 10.0 Å². The van der Waals surface area contributed by atoms with Gasteiger partial charge in [-0.25, -0.2) is 17.2 Å². The Morgan fingerprint density at radius 1 is 0.941 bits per heavy atom. The first-order chi connectivity index (χ1) is 16.3. The topological polar surface area (TPSA) is 108 Å². The number of esters is 1. The lowest BCUT2D eigenvalue weighted by Crippen LogP contribution is -2.12. The molecule has 0 aliphatic heterocycles. The summed E-state index contributed by atoms with van der Waals surface area (Å²) >= 11 is 0. The summed E-state index contributed by atoms with van der Waals surface area (Å²) in [6.07, 6.45) is 1.40. The fourth-order valence-electron chi connectivity index (χ4n) is 3.55. The molecule has 0 bridgehead atoms. The largest absolute Gasteiger partial charge is 0.481 e. The van der Waals surface area contributed by atoms with E-state index >= 15 is 0 Å². The molecule has 0 atom stereocenters. The molecule has 1 aromatic heterocycles.